The van der Waals surface area contributed by atoms with Gasteiger partial charge in [0, 0.05) is 45.1 Å². The van der Waals surface area contributed by atoms with Crippen molar-refractivity contribution >= 4 is 11.7 Å². The summed E-state index contributed by atoms with van der Waals surface area (Å²) in [4.78, 5) is 26.1. The first-order chi connectivity index (χ1) is 12.2. The number of anilines is 1. The third-order valence-corrected chi connectivity index (χ3v) is 5.42. The fourth-order valence-electron chi connectivity index (χ4n) is 3.95. The Hall–Kier alpha value is -2.37. The minimum absolute atomic E-state index is 0.0819. The van der Waals surface area contributed by atoms with Crippen molar-refractivity contribution in [1.29, 1.82) is 0 Å². The van der Waals surface area contributed by atoms with E-state index in [2.05, 4.69) is 25.5 Å². The van der Waals surface area contributed by atoms with Crippen molar-refractivity contribution in [3.63, 3.8) is 0 Å². The maximum Gasteiger partial charge on any atom is 0.272 e. The molecule has 0 N–H and O–H groups in total. The highest BCUT2D eigenvalue weighted by Gasteiger charge is 2.29. The van der Waals surface area contributed by atoms with E-state index in [1.165, 1.54) is 12.0 Å². The normalized spacial score (nSPS) is 20.0. The van der Waals surface area contributed by atoms with E-state index in [4.69, 9.17) is 0 Å². The average molecular weight is 339 g/mol. The molecular weight excluding hydrogens is 314 g/mol. The Bertz CT molecular complexity index is 742. The number of piperidine rings is 1. The monoisotopic (exact) mass is 339 g/mol. The third kappa shape index (κ3) is 3.25. The molecule has 1 amide bonds. The topological polar surface area (TPSA) is 54.3 Å². The van der Waals surface area contributed by atoms with Gasteiger partial charge in [-0.25, -0.2) is 9.97 Å². The van der Waals surface area contributed by atoms with Gasteiger partial charge in [-0.2, -0.15) is 0 Å². The Morgan fingerprint density at radius 3 is 3.04 bits per heavy atom. The lowest BCUT2D eigenvalue weighted by atomic mass is 9.98. The largest absolute Gasteiger partial charge is 0.359 e. The van der Waals surface area contributed by atoms with Crippen LogP contribution in [0.4, 0.5) is 5.82 Å². The van der Waals surface area contributed by atoms with Gasteiger partial charge in [-0.05, 0) is 43.7 Å². The second-order valence-corrected chi connectivity index (χ2v) is 7.09. The van der Waals surface area contributed by atoms with Crippen LogP contribution in [0.25, 0.3) is 0 Å². The molecule has 0 saturated carbocycles. The average Bonchev–Trinajstić information content (AvgIpc) is 3.29. The second-order valence-electron chi connectivity index (χ2n) is 7.09. The van der Waals surface area contributed by atoms with Crippen molar-refractivity contribution in [1.82, 2.24) is 19.4 Å². The van der Waals surface area contributed by atoms with Gasteiger partial charge in [0.15, 0.2) is 0 Å². The first-order valence-electron chi connectivity index (χ1n) is 9.20. The smallest absolute Gasteiger partial charge is 0.272 e. The SMILES string of the molecule is CN1CCc2ccc(C(=O)N3CCCCC3CCn3ccnc3)nc21. The minimum atomic E-state index is 0.0819. The Morgan fingerprint density at radius 1 is 1.28 bits per heavy atom. The molecule has 2 aromatic rings. The summed E-state index contributed by atoms with van der Waals surface area (Å²) >= 11 is 0. The number of nitrogens with zero attached hydrogens (tertiary/aromatic N) is 5. The Balaban J connectivity index is 1.50. The molecule has 0 radical (unpaired) electrons. The van der Waals surface area contributed by atoms with Gasteiger partial charge in [0.2, 0.25) is 0 Å². The molecular formula is C19H25N5O. The molecule has 25 heavy (non-hydrogen) atoms. The third-order valence-electron chi connectivity index (χ3n) is 5.42. The second kappa shape index (κ2) is 6.86. The number of fused-ring (bicyclic) bond motifs is 1. The zero-order valence-electron chi connectivity index (χ0n) is 14.8. The first kappa shape index (κ1) is 16.1. The molecule has 2 aliphatic rings. The highest BCUT2D eigenvalue weighted by molar-refractivity contribution is 5.93. The molecule has 4 rings (SSSR count). The number of aromatic nitrogens is 3. The lowest BCUT2D eigenvalue weighted by Gasteiger charge is -2.36. The van der Waals surface area contributed by atoms with Crippen molar-refractivity contribution in [3.8, 4) is 0 Å². The quantitative estimate of drug-likeness (QED) is 0.858. The standard InChI is InChI=1S/C19H25N5O/c1-22-11-7-15-5-6-17(21-18(15)22)19(25)24-10-3-2-4-16(24)8-12-23-13-9-20-14-23/h5-6,9,13-14,16H,2-4,7-8,10-12H2,1H3. The molecule has 6 nitrogen and oxygen atoms in total. The van der Waals surface area contributed by atoms with Gasteiger partial charge in [-0.3, -0.25) is 4.79 Å². The van der Waals surface area contributed by atoms with Gasteiger partial charge >= 0.3 is 0 Å². The summed E-state index contributed by atoms with van der Waals surface area (Å²) in [5.41, 5.74) is 1.83. The number of amides is 1. The van der Waals surface area contributed by atoms with Gasteiger partial charge in [-0.1, -0.05) is 6.07 Å². The number of hydrogen-bond donors (Lipinski definition) is 0. The van der Waals surface area contributed by atoms with Gasteiger partial charge in [0.25, 0.3) is 5.91 Å². The van der Waals surface area contributed by atoms with E-state index < -0.39 is 0 Å². The molecule has 0 bridgehead atoms. The van der Waals surface area contributed by atoms with Gasteiger partial charge in [0.05, 0.1) is 6.33 Å². The predicted molar refractivity (Wildman–Crippen MR) is 96.7 cm³/mol. The number of carbonyl (C=O) groups excluding carboxylic acids is 1. The zero-order valence-corrected chi connectivity index (χ0v) is 14.8. The summed E-state index contributed by atoms with van der Waals surface area (Å²) in [6, 6.07) is 4.27. The van der Waals surface area contributed by atoms with E-state index in [1.807, 2.05) is 30.5 Å². The van der Waals surface area contributed by atoms with Crippen molar-refractivity contribution in [2.45, 2.75) is 44.7 Å². The zero-order chi connectivity index (χ0) is 17.2. The molecule has 6 heteroatoms. The molecule has 2 aliphatic heterocycles. The number of pyridine rings is 1. The minimum Gasteiger partial charge on any atom is -0.359 e. The van der Waals surface area contributed by atoms with E-state index in [9.17, 15) is 4.79 Å². The number of aryl methyl sites for hydroxylation is 1. The number of rotatable bonds is 4. The van der Waals surface area contributed by atoms with E-state index in [0.29, 0.717) is 5.69 Å². The van der Waals surface area contributed by atoms with Crippen molar-refractivity contribution in [2.24, 2.45) is 0 Å². The number of hydrogen-bond acceptors (Lipinski definition) is 4. The maximum atomic E-state index is 13.1. The molecule has 4 heterocycles. The molecule has 1 atom stereocenters. The summed E-state index contributed by atoms with van der Waals surface area (Å²) in [6.07, 6.45) is 11.0. The van der Waals surface area contributed by atoms with Crippen molar-refractivity contribution in [3.05, 3.63) is 42.1 Å². The van der Waals surface area contributed by atoms with Gasteiger partial charge in [-0.15, -0.1) is 0 Å². The molecule has 0 spiro atoms. The fourth-order valence-corrected chi connectivity index (χ4v) is 3.95. The van der Waals surface area contributed by atoms with Crippen LogP contribution in [0.5, 0.6) is 0 Å². The molecule has 0 aliphatic carbocycles. The molecule has 1 saturated heterocycles. The summed E-state index contributed by atoms with van der Waals surface area (Å²) < 4.78 is 2.08. The summed E-state index contributed by atoms with van der Waals surface area (Å²) in [5, 5.41) is 0. The van der Waals surface area contributed by atoms with E-state index in [1.54, 1.807) is 6.20 Å². The molecule has 132 valence electrons. The van der Waals surface area contributed by atoms with Crippen molar-refractivity contribution in [2.75, 3.05) is 25.0 Å². The van der Waals surface area contributed by atoms with Crippen LogP contribution in [0.15, 0.2) is 30.9 Å². The van der Waals surface area contributed by atoms with E-state index in [-0.39, 0.29) is 11.9 Å². The van der Waals surface area contributed by atoms with Crippen LogP contribution in [0.2, 0.25) is 0 Å². The lowest BCUT2D eigenvalue weighted by molar-refractivity contribution is 0.0589. The Morgan fingerprint density at radius 2 is 2.20 bits per heavy atom. The van der Waals surface area contributed by atoms with E-state index >= 15 is 0 Å². The van der Waals surface area contributed by atoms with Crippen LogP contribution in [0.1, 0.15) is 41.7 Å². The number of carbonyl (C=O) groups is 1. The maximum absolute atomic E-state index is 13.1. The summed E-state index contributed by atoms with van der Waals surface area (Å²) in [6.45, 7) is 2.72. The van der Waals surface area contributed by atoms with Crippen molar-refractivity contribution < 1.29 is 4.79 Å². The van der Waals surface area contributed by atoms with Crippen LogP contribution in [-0.2, 0) is 13.0 Å². The van der Waals surface area contributed by atoms with Crippen LogP contribution in [0, 0.1) is 0 Å². The van der Waals surface area contributed by atoms with Crippen LogP contribution in [-0.4, -0.2) is 51.5 Å². The van der Waals surface area contributed by atoms with Gasteiger partial charge in [0.1, 0.15) is 11.5 Å². The van der Waals surface area contributed by atoms with Crippen LogP contribution >= 0.6 is 0 Å². The van der Waals surface area contributed by atoms with Crippen LogP contribution < -0.4 is 4.90 Å². The van der Waals surface area contributed by atoms with Gasteiger partial charge < -0.3 is 14.4 Å². The molecule has 1 unspecified atom stereocenters. The molecule has 0 aromatic carbocycles. The Labute approximate surface area is 148 Å². The number of imidazole rings is 1. The summed E-state index contributed by atoms with van der Waals surface area (Å²) in [7, 11) is 2.04. The predicted octanol–water partition coefficient (Wildman–Crippen LogP) is 2.36. The Kier molecular flexibility index (Phi) is 4.42. The van der Waals surface area contributed by atoms with E-state index in [0.717, 1.165) is 51.1 Å². The molecule has 2 aromatic heterocycles. The van der Waals surface area contributed by atoms with Crippen LogP contribution in [0.3, 0.4) is 0 Å². The lowest BCUT2D eigenvalue weighted by Crippen LogP contribution is -2.44. The number of likely N-dealkylation sites (tertiary alicyclic amines) is 1. The fraction of sp³-hybridized carbons (Fsp3) is 0.526. The summed E-state index contributed by atoms with van der Waals surface area (Å²) in [5.74, 6) is 1.05. The highest BCUT2D eigenvalue weighted by Crippen LogP contribution is 2.27. The molecule has 1 fully saturated rings. The number of likely N-dealkylation sites (N-methyl/N-ethyl adjacent to an activating group) is 1. The highest BCUT2D eigenvalue weighted by atomic mass is 16.2. The first-order valence-corrected chi connectivity index (χ1v) is 9.20.